The maximum absolute atomic E-state index is 13.6. The molecule has 0 aromatic heterocycles. The Balaban J connectivity index is 1.24. The van der Waals surface area contributed by atoms with Gasteiger partial charge in [-0.2, -0.15) is 0 Å². The zero-order valence-electron chi connectivity index (χ0n) is 21.5. The molecule has 0 bridgehead atoms. The third kappa shape index (κ3) is 5.20. The van der Waals surface area contributed by atoms with Gasteiger partial charge in [-0.15, -0.1) is 8.78 Å². The van der Waals surface area contributed by atoms with Crippen LogP contribution in [0.25, 0.3) is 0 Å². The Morgan fingerprint density at radius 2 is 1.27 bits per heavy atom. The number of carbonyl (C=O) groups is 3. The van der Waals surface area contributed by atoms with Gasteiger partial charge in [0.25, 0.3) is 0 Å². The van der Waals surface area contributed by atoms with Crippen LogP contribution in [0.15, 0.2) is 66.7 Å². The number of ether oxygens (including phenoxy) is 3. The van der Waals surface area contributed by atoms with Crippen LogP contribution < -0.4 is 14.8 Å². The molecule has 41 heavy (non-hydrogen) atoms. The van der Waals surface area contributed by atoms with Gasteiger partial charge >= 0.3 is 18.2 Å². The summed E-state index contributed by atoms with van der Waals surface area (Å²) in [5, 5.41) is 21.7. The van der Waals surface area contributed by atoms with E-state index < -0.39 is 35.9 Å². The van der Waals surface area contributed by atoms with E-state index in [9.17, 15) is 33.4 Å². The van der Waals surface area contributed by atoms with Crippen molar-refractivity contribution >= 4 is 17.8 Å². The molecule has 3 aromatic carbocycles. The molecule has 2 aliphatic heterocycles. The van der Waals surface area contributed by atoms with Crippen LogP contribution in [0.4, 0.5) is 8.78 Å². The molecule has 1 unspecified atom stereocenters. The van der Waals surface area contributed by atoms with Gasteiger partial charge in [-0.05, 0) is 78.8 Å². The first-order valence-electron chi connectivity index (χ1n) is 13.1. The minimum Gasteiger partial charge on any atom is -0.478 e. The van der Waals surface area contributed by atoms with Gasteiger partial charge in [0.2, 0.25) is 5.91 Å². The summed E-state index contributed by atoms with van der Waals surface area (Å²) in [6, 6.07) is 16.7. The van der Waals surface area contributed by atoms with Gasteiger partial charge in [0.15, 0.2) is 11.5 Å². The van der Waals surface area contributed by atoms with E-state index in [4.69, 9.17) is 4.74 Å². The summed E-state index contributed by atoms with van der Waals surface area (Å²) in [7, 11) is 0. The van der Waals surface area contributed by atoms with Crippen LogP contribution in [-0.2, 0) is 14.9 Å². The van der Waals surface area contributed by atoms with E-state index in [1.54, 1.807) is 30.3 Å². The van der Waals surface area contributed by atoms with Crippen LogP contribution >= 0.6 is 0 Å². The predicted octanol–water partition coefficient (Wildman–Crippen LogP) is 5.21. The molecule has 1 saturated carbocycles. The number of carbonyl (C=O) groups excluding carboxylic acids is 1. The zero-order valence-corrected chi connectivity index (χ0v) is 21.5. The van der Waals surface area contributed by atoms with Crippen molar-refractivity contribution in [3.63, 3.8) is 0 Å². The molecular formula is C30H25F2NO8. The SMILES string of the molecule is O=C(O)c1ccc([C@@H]2CC(NC(=O)C3(c4ccc5c(c4)OC(F)(F)O5)CC3)C[C@H](c3ccc(C(=O)O)cc3)O2)cc1. The Bertz CT molecular complexity index is 1450. The summed E-state index contributed by atoms with van der Waals surface area (Å²) in [6.07, 6.45) is -2.82. The smallest absolute Gasteiger partial charge is 0.478 e. The molecular weight excluding hydrogens is 540 g/mol. The Hall–Kier alpha value is -4.51. The maximum Gasteiger partial charge on any atom is 0.586 e. The lowest BCUT2D eigenvalue weighted by atomic mass is 9.89. The summed E-state index contributed by atoms with van der Waals surface area (Å²) in [5.41, 5.74) is 1.41. The summed E-state index contributed by atoms with van der Waals surface area (Å²) in [6.45, 7) is 0. The number of nitrogens with one attached hydrogen (secondary N) is 1. The van der Waals surface area contributed by atoms with Crippen LogP contribution in [0.3, 0.4) is 0 Å². The van der Waals surface area contributed by atoms with Gasteiger partial charge < -0.3 is 29.7 Å². The molecule has 2 fully saturated rings. The quantitative estimate of drug-likeness (QED) is 0.356. The number of amides is 1. The second-order valence-electron chi connectivity index (χ2n) is 10.5. The molecule has 9 nitrogen and oxygen atoms in total. The average molecular weight is 566 g/mol. The van der Waals surface area contributed by atoms with Crippen LogP contribution in [0.2, 0.25) is 0 Å². The summed E-state index contributed by atoms with van der Waals surface area (Å²) in [5.74, 6) is -2.55. The summed E-state index contributed by atoms with van der Waals surface area (Å²) in [4.78, 5) is 36.3. The molecule has 0 radical (unpaired) electrons. The van der Waals surface area contributed by atoms with E-state index in [1.807, 2.05) is 0 Å². The zero-order chi connectivity index (χ0) is 28.9. The minimum atomic E-state index is -3.75. The molecule has 1 aliphatic carbocycles. The molecule has 1 amide bonds. The van der Waals surface area contributed by atoms with Crippen molar-refractivity contribution in [3.8, 4) is 11.5 Å². The lowest BCUT2D eigenvalue weighted by molar-refractivity contribution is -0.286. The Labute approximate surface area is 232 Å². The number of rotatable bonds is 7. The van der Waals surface area contributed by atoms with Gasteiger partial charge in [0.1, 0.15) is 0 Å². The van der Waals surface area contributed by atoms with Gasteiger partial charge in [-0.25, -0.2) is 9.59 Å². The highest BCUT2D eigenvalue weighted by Crippen LogP contribution is 2.52. The Morgan fingerprint density at radius 1 is 0.756 bits per heavy atom. The lowest BCUT2D eigenvalue weighted by Crippen LogP contribution is -2.45. The number of fused-ring (bicyclic) bond motifs is 1. The van der Waals surface area contributed by atoms with Crippen LogP contribution in [-0.4, -0.2) is 40.4 Å². The molecule has 3 aromatic rings. The number of benzene rings is 3. The minimum absolute atomic E-state index is 0.0899. The highest BCUT2D eigenvalue weighted by Gasteiger charge is 2.53. The lowest BCUT2D eigenvalue weighted by Gasteiger charge is -2.37. The largest absolute Gasteiger partial charge is 0.586 e. The fourth-order valence-corrected chi connectivity index (χ4v) is 5.49. The van der Waals surface area contributed by atoms with Crippen molar-refractivity contribution in [1.29, 1.82) is 0 Å². The first-order valence-corrected chi connectivity index (χ1v) is 13.1. The molecule has 6 rings (SSSR count). The fourth-order valence-electron chi connectivity index (χ4n) is 5.49. The molecule has 3 atom stereocenters. The van der Waals surface area contributed by atoms with Gasteiger partial charge in [0, 0.05) is 6.04 Å². The average Bonchev–Trinajstić information content (AvgIpc) is 3.70. The molecule has 3 aliphatic rings. The maximum atomic E-state index is 13.6. The fraction of sp³-hybridized carbons (Fsp3) is 0.300. The van der Waals surface area contributed by atoms with E-state index in [2.05, 4.69) is 14.8 Å². The molecule has 11 heteroatoms. The first-order chi connectivity index (χ1) is 19.5. The number of carboxylic acids is 2. The molecule has 1 saturated heterocycles. The number of aromatic carboxylic acids is 2. The van der Waals surface area contributed by atoms with Crippen molar-refractivity contribution < 1.29 is 47.6 Å². The monoisotopic (exact) mass is 565 g/mol. The van der Waals surface area contributed by atoms with Gasteiger partial charge in [-0.1, -0.05) is 30.3 Å². The summed E-state index contributed by atoms with van der Waals surface area (Å²) >= 11 is 0. The van der Waals surface area contributed by atoms with E-state index >= 15 is 0 Å². The highest BCUT2D eigenvalue weighted by atomic mass is 19.3. The highest BCUT2D eigenvalue weighted by molar-refractivity contribution is 5.92. The second kappa shape index (κ2) is 9.84. The predicted molar refractivity (Wildman–Crippen MR) is 138 cm³/mol. The van der Waals surface area contributed by atoms with Crippen molar-refractivity contribution in [2.45, 2.75) is 55.6 Å². The van der Waals surface area contributed by atoms with Crippen molar-refractivity contribution in [2.75, 3.05) is 0 Å². The van der Waals surface area contributed by atoms with E-state index in [-0.39, 0.29) is 34.6 Å². The third-order valence-electron chi connectivity index (χ3n) is 7.86. The number of alkyl halides is 2. The van der Waals surface area contributed by atoms with E-state index in [0.29, 0.717) is 31.2 Å². The van der Waals surface area contributed by atoms with Crippen LogP contribution in [0, 0.1) is 0 Å². The molecule has 3 N–H and O–H groups in total. The van der Waals surface area contributed by atoms with E-state index in [0.717, 1.165) is 11.1 Å². The first kappa shape index (κ1) is 26.7. The van der Waals surface area contributed by atoms with Gasteiger partial charge in [0.05, 0.1) is 28.7 Å². The molecule has 0 spiro atoms. The number of hydrogen-bond donors (Lipinski definition) is 3. The van der Waals surface area contributed by atoms with Crippen molar-refractivity contribution in [1.82, 2.24) is 5.32 Å². The molecule has 2 heterocycles. The summed E-state index contributed by atoms with van der Waals surface area (Å²) < 4.78 is 42.5. The topological polar surface area (TPSA) is 131 Å². The standard InChI is InChI=1S/C30H25F2NO8/c31-30(32)40-22-10-9-20(13-25(22)41-30)29(11-12-29)28(38)33-21-14-23(16-1-5-18(6-2-16)26(34)35)39-24(15-21)17-3-7-19(8-4-17)27(36)37/h1-10,13,21,23-24H,11-12,14-15H2,(H,33,38)(H,34,35)(H,36,37)/t21?,23-,24+. The number of hydrogen-bond acceptors (Lipinski definition) is 6. The second-order valence-corrected chi connectivity index (χ2v) is 10.5. The Kier molecular flexibility index (Phi) is 6.41. The normalized spacial score (nSPS) is 23.4. The van der Waals surface area contributed by atoms with Crippen LogP contribution in [0.1, 0.15) is 75.3 Å². The van der Waals surface area contributed by atoms with Crippen molar-refractivity contribution in [3.05, 3.63) is 94.5 Å². The number of halogens is 2. The molecule has 212 valence electrons. The van der Waals surface area contributed by atoms with E-state index in [1.165, 1.54) is 36.4 Å². The van der Waals surface area contributed by atoms with Crippen molar-refractivity contribution in [2.24, 2.45) is 0 Å². The third-order valence-corrected chi connectivity index (χ3v) is 7.86. The number of carboxylic acid groups (broad SMARTS) is 2. The van der Waals surface area contributed by atoms with Crippen LogP contribution in [0.5, 0.6) is 11.5 Å². The Morgan fingerprint density at radius 3 is 1.76 bits per heavy atom. The van der Waals surface area contributed by atoms with Gasteiger partial charge in [-0.3, -0.25) is 4.79 Å².